The van der Waals surface area contributed by atoms with Gasteiger partial charge in [0.1, 0.15) is 12.4 Å². The number of anilines is 1. The lowest BCUT2D eigenvalue weighted by Crippen LogP contribution is -2.37. The monoisotopic (exact) mass is 394 g/mol. The van der Waals surface area contributed by atoms with Gasteiger partial charge in [-0.15, -0.1) is 6.42 Å². The third-order valence-electron chi connectivity index (χ3n) is 4.29. The van der Waals surface area contributed by atoms with Crippen LogP contribution in [0.1, 0.15) is 29.2 Å². The second-order valence-electron chi connectivity index (χ2n) is 6.57. The van der Waals surface area contributed by atoms with Crippen LogP contribution in [0.2, 0.25) is 0 Å². The molecule has 0 spiro atoms. The van der Waals surface area contributed by atoms with Crippen molar-refractivity contribution in [3.8, 4) is 18.1 Å². The molecule has 0 bridgehead atoms. The number of hydrogen-bond acceptors (Lipinski definition) is 5. The second kappa shape index (κ2) is 10.2. The predicted molar refractivity (Wildman–Crippen MR) is 115 cm³/mol. The van der Waals surface area contributed by atoms with Crippen molar-refractivity contribution >= 4 is 17.4 Å². The highest BCUT2D eigenvalue weighted by Crippen LogP contribution is 2.25. The topological polar surface area (TPSA) is 89.2 Å². The summed E-state index contributed by atoms with van der Waals surface area (Å²) in [6, 6.07) is 11.0. The van der Waals surface area contributed by atoms with Gasteiger partial charge < -0.3 is 14.9 Å². The van der Waals surface area contributed by atoms with Crippen LogP contribution in [-0.2, 0) is 11.4 Å². The Morgan fingerprint density at radius 3 is 2.69 bits per heavy atom. The van der Waals surface area contributed by atoms with Gasteiger partial charge in [-0.1, -0.05) is 23.2 Å². The van der Waals surface area contributed by atoms with Crippen LogP contribution in [0, 0.1) is 26.2 Å². The van der Waals surface area contributed by atoms with Crippen LogP contribution < -0.4 is 15.9 Å². The maximum Gasteiger partial charge on any atom is 0.335 e. The Balaban J connectivity index is 2.15. The van der Waals surface area contributed by atoms with Crippen molar-refractivity contribution in [2.24, 2.45) is 11.0 Å². The summed E-state index contributed by atoms with van der Waals surface area (Å²) >= 11 is 0. The number of benzene rings is 2. The molecule has 0 aliphatic rings. The molecule has 0 aliphatic carbocycles. The van der Waals surface area contributed by atoms with Gasteiger partial charge in [-0.05, 0) is 61.7 Å². The lowest BCUT2D eigenvalue weighted by molar-refractivity contribution is 0.180. The predicted octanol–water partition coefficient (Wildman–Crippen LogP) is 3.59. The highest BCUT2D eigenvalue weighted by Gasteiger charge is 2.12. The van der Waals surface area contributed by atoms with Crippen molar-refractivity contribution in [1.29, 1.82) is 0 Å². The van der Waals surface area contributed by atoms with E-state index < -0.39 is 6.03 Å². The van der Waals surface area contributed by atoms with Gasteiger partial charge in [0.05, 0.1) is 5.71 Å². The van der Waals surface area contributed by atoms with Crippen molar-refractivity contribution in [3.05, 3.63) is 58.7 Å². The Morgan fingerprint density at radius 1 is 1.28 bits per heavy atom. The molecule has 0 aliphatic heterocycles. The standard InChI is InChI=1S/C22H26N4O3/c1-6-12-29-25-17(4)18-10-11-21(16(3)13-18)28-14-19-15(2)8-7-9-20(19)24-22(27)26(5)23/h1,7-11,13H,12,14,23H2,2-5H3,(H,24,27). The highest BCUT2D eigenvalue weighted by molar-refractivity contribution is 5.98. The molecule has 3 N–H and O–H groups in total. The number of carbonyl (C=O) groups is 1. The number of nitrogens with zero attached hydrogens (tertiary/aromatic N) is 2. The molecule has 152 valence electrons. The summed E-state index contributed by atoms with van der Waals surface area (Å²) in [6.07, 6.45) is 5.15. The first-order valence-corrected chi connectivity index (χ1v) is 9.05. The minimum atomic E-state index is -0.404. The summed E-state index contributed by atoms with van der Waals surface area (Å²) in [5, 5.41) is 7.77. The van der Waals surface area contributed by atoms with Gasteiger partial charge in [-0.25, -0.2) is 10.6 Å². The summed E-state index contributed by atoms with van der Waals surface area (Å²) in [4.78, 5) is 16.9. The SMILES string of the molecule is C#CCON=C(C)c1ccc(OCc2c(C)cccc2NC(=O)N(C)N)c(C)c1. The molecule has 2 amide bonds. The lowest BCUT2D eigenvalue weighted by atomic mass is 10.1. The number of rotatable bonds is 7. The first-order chi connectivity index (χ1) is 13.8. The summed E-state index contributed by atoms with van der Waals surface area (Å²) in [5.41, 5.74) is 5.15. The zero-order valence-corrected chi connectivity index (χ0v) is 17.2. The summed E-state index contributed by atoms with van der Waals surface area (Å²) in [5.74, 6) is 8.60. The minimum absolute atomic E-state index is 0.132. The smallest absolute Gasteiger partial charge is 0.335 e. The minimum Gasteiger partial charge on any atom is -0.489 e. The van der Waals surface area contributed by atoms with E-state index in [0.717, 1.165) is 38.7 Å². The van der Waals surface area contributed by atoms with Crippen LogP contribution in [0.5, 0.6) is 5.75 Å². The molecule has 0 saturated carbocycles. The largest absolute Gasteiger partial charge is 0.489 e. The number of ether oxygens (including phenoxy) is 1. The zero-order chi connectivity index (χ0) is 21.4. The molecule has 0 fully saturated rings. The van der Waals surface area contributed by atoms with Crippen molar-refractivity contribution in [3.63, 3.8) is 0 Å². The number of carbonyl (C=O) groups excluding carboxylic acids is 1. The number of nitrogens with two attached hydrogens (primary N) is 1. The molecule has 0 aromatic heterocycles. The maximum absolute atomic E-state index is 11.9. The first kappa shape index (κ1) is 21.8. The molecule has 2 aromatic carbocycles. The number of hydrogen-bond donors (Lipinski definition) is 2. The molecule has 7 heteroatoms. The van der Waals surface area contributed by atoms with Gasteiger partial charge >= 0.3 is 6.03 Å². The normalized spacial score (nSPS) is 10.8. The van der Waals surface area contributed by atoms with E-state index in [1.807, 2.05) is 57.2 Å². The highest BCUT2D eigenvalue weighted by atomic mass is 16.6. The maximum atomic E-state index is 11.9. The van der Waals surface area contributed by atoms with Crippen LogP contribution in [0.4, 0.5) is 10.5 Å². The van der Waals surface area contributed by atoms with Crippen LogP contribution in [0.25, 0.3) is 0 Å². The number of hydrazine groups is 1. The fraction of sp³-hybridized carbons (Fsp3) is 0.273. The van der Waals surface area contributed by atoms with Crippen molar-refractivity contribution < 1.29 is 14.4 Å². The third-order valence-corrected chi connectivity index (χ3v) is 4.29. The Morgan fingerprint density at radius 2 is 2.03 bits per heavy atom. The average Bonchev–Trinajstić information content (AvgIpc) is 2.68. The molecule has 0 radical (unpaired) electrons. The second-order valence-corrected chi connectivity index (χ2v) is 6.57. The van der Waals surface area contributed by atoms with E-state index in [2.05, 4.69) is 16.4 Å². The fourth-order valence-electron chi connectivity index (χ4n) is 2.62. The van der Waals surface area contributed by atoms with E-state index in [1.54, 1.807) is 0 Å². The Kier molecular flexibility index (Phi) is 7.63. The number of urea groups is 1. The van der Waals surface area contributed by atoms with E-state index in [-0.39, 0.29) is 6.61 Å². The number of amides is 2. The summed E-state index contributed by atoms with van der Waals surface area (Å²) in [7, 11) is 1.48. The Labute approximate surface area is 171 Å². The van der Waals surface area contributed by atoms with Gasteiger partial charge in [0.25, 0.3) is 0 Å². The molecule has 0 atom stereocenters. The van der Waals surface area contributed by atoms with E-state index in [4.69, 9.17) is 21.8 Å². The van der Waals surface area contributed by atoms with Gasteiger partial charge in [-0.2, -0.15) is 0 Å². The average molecular weight is 394 g/mol. The van der Waals surface area contributed by atoms with Gasteiger partial charge in [0.2, 0.25) is 0 Å². The summed E-state index contributed by atoms with van der Waals surface area (Å²) < 4.78 is 6.03. The molecule has 0 heterocycles. The molecule has 2 aromatic rings. The molecule has 29 heavy (non-hydrogen) atoms. The number of oxime groups is 1. The van der Waals surface area contributed by atoms with Crippen LogP contribution in [-0.4, -0.2) is 30.4 Å². The number of nitrogens with one attached hydrogen (secondary N) is 1. The van der Waals surface area contributed by atoms with Crippen molar-refractivity contribution in [2.45, 2.75) is 27.4 Å². The van der Waals surface area contributed by atoms with Gasteiger partial charge in [-0.3, -0.25) is 5.01 Å². The first-order valence-electron chi connectivity index (χ1n) is 9.05. The molecular formula is C22H26N4O3. The van der Waals surface area contributed by atoms with Crippen LogP contribution in [0.3, 0.4) is 0 Å². The van der Waals surface area contributed by atoms with Crippen molar-refractivity contribution in [1.82, 2.24) is 5.01 Å². The zero-order valence-electron chi connectivity index (χ0n) is 17.2. The molecular weight excluding hydrogens is 368 g/mol. The van der Waals surface area contributed by atoms with E-state index in [1.165, 1.54) is 7.05 Å². The van der Waals surface area contributed by atoms with E-state index in [9.17, 15) is 4.79 Å². The van der Waals surface area contributed by atoms with E-state index in [0.29, 0.717) is 12.3 Å². The molecule has 0 saturated heterocycles. The Hall–Kier alpha value is -3.50. The third kappa shape index (κ3) is 5.99. The van der Waals surface area contributed by atoms with Crippen LogP contribution in [0.15, 0.2) is 41.6 Å². The molecule has 0 unspecified atom stereocenters. The lowest BCUT2D eigenvalue weighted by Gasteiger charge is -2.17. The quantitative estimate of drug-likeness (QED) is 0.188. The fourth-order valence-corrected chi connectivity index (χ4v) is 2.62. The summed E-state index contributed by atoms with van der Waals surface area (Å²) in [6.45, 7) is 6.20. The van der Waals surface area contributed by atoms with Gasteiger partial charge in [0, 0.05) is 18.3 Å². The van der Waals surface area contributed by atoms with E-state index >= 15 is 0 Å². The number of terminal acetylenes is 1. The van der Waals surface area contributed by atoms with Gasteiger partial charge in [0.15, 0.2) is 6.61 Å². The van der Waals surface area contributed by atoms with Crippen molar-refractivity contribution in [2.75, 3.05) is 19.0 Å². The van der Waals surface area contributed by atoms with Crippen LogP contribution >= 0.6 is 0 Å². The molecule has 7 nitrogen and oxygen atoms in total. The Bertz CT molecular complexity index is 946. The molecule has 2 rings (SSSR count). The number of aryl methyl sites for hydroxylation is 2.